The molecule has 0 unspecified atom stereocenters. The van der Waals surface area contributed by atoms with Gasteiger partial charge in [-0.2, -0.15) is 5.26 Å². The highest BCUT2D eigenvalue weighted by molar-refractivity contribution is 9.10. The lowest BCUT2D eigenvalue weighted by molar-refractivity contribution is 0.202. The summed E-state index contributed by atoms with van der Waals surface area (Å²) in [5.74, 6) is -0.0118. The van der Waals surface area contributed by atoms with E-state index in [1.807, 2.05) is 0 Å². The van der Waals surface area contributed by atoms with Crippen molar-refractivity contribution in [2.24, 2.45) is 0 Å². The van der Waals surface area contributed by atoms with Crippen LogP contribution in [0.3, 0.4) is 0 Å². The van der Waals surface area contributed by atoms with E-state index in [0.717, 1.165) is 4.90 Å². The van der Waals surface area contributed by atoms with Crippen LogP contribution in [0.1, 0.15) is 0 Å². The molecule has 0 spiro atoms. The molecule has 0 fully saturated rings. The van der Waals surface area contributed by atoms with Crippen molar-refractivity contribution in [2.75, 3.05) is 11.4 Å². The minimum atomic E-state index is -1.26. The Morgan fingerprint density at radius 3 is 2.64 bits per heavy atom. The first-order valence-electron chi connectivity index (χ1n) is 3.50. The Hall–Kier alpha value is -1.68. The molecule has 1 N–H and O–H groups in total. The molecule has 0 saturated carbocycles. The van der Waals surface area contributed by atoms with Gasteiger partial charge in [-0.05, 0) is 15.9 Å². The molecule has 0 radical (unpaired) electrons. The van der Waals surface area contributed by atoms with E-state index in [4.69, 9.17) is 10.4 Å². The van der Waals surface area contributed by atoms with Gasteiger partial charge in [0.1, 0.15) is 6.54 Å². The summed E-state index contributed by atoms with van der Waals surface area (Å²) in [6, 6.07) is 1.72. The van der Waals surface area contributed by atoms with Gasteiger partial charge in [0.05, 0.1) is 10.5 Å². The number of carbonyl (C=O) groups is 1. The first-order chi connectivity index (χ1) is 6.65. The van der Waals surface area contributed by atoms with E-state index in [9.17, 15) is 4.79 Å². The topological polar surface area (TPSA) is 90.1 Å². The fraction of sp³-hybridized carbons (Fsp3) is 0.143. The summed E-state index contributed by atoms with van der Waals surface area (Å²) in [4.78, 5) is 18.9. The predicted octanol–water partition coefficient (Wildman–Crippen LogP) is 1.25. The Bertz CT molecular complexity index is 372. The Morgan fingerprint density at radius 2 is 2.21 bits per heavy atom. The Balaban J connectivity index is 2.95. The number of hydrogen-bond donors (Lipinski definition) is 1. The number of amides is 1. The first-order valence-corrected chi connectivity index (χ1v) is 4.29. The van der Waals surface area contributed by atoms with Crippen LogP contribution in [0, 0.1) is 11.3 Å². The zero-order valence-corrected chi connectivity index (χ0v) is 8.47. The van der Waals surface area contributed by atoms with Crippen LogP contribution in [0.15, 0.2) is 16.9 Å². The number of nitriles is 1. The number of aromatic nitrogens is 2. The second-order valence-corrected chi connectivity index (χ2v) is 3.14. The average Bonchev–Trinajstić information content (AvgIpc) is 2.15. The van der Waals surface area contributed by atoms with E-state index in [1.54, 1.807) is 6.07 Å². The first kappa shape index (κ1) is 10.4. The normalized spacial score (nSPS) is 9.14. The third kappa shape index (κ3) is 2.40. The summed E-state index contributed by atoms with van der Waals surface area (Å²) in [5.41, 5.74) is 0. The van der Waals surface area contributed by atoms with Crippen molar-refractivity contribution < 1.29 is 9.90 Å². The molecule has 1 aromatic heterocycles. The van der Waals surface area contributed by atoms with Gasteiger partial charge in [0.25, 0.3) is 0 Å². The van der Waals surface area contributed by atoms with E-state index in [-0.39, 0.29) is 12.5 Å². The molecule has 6 nitrogen and oxygen atoms in total. The van der Waals surface area contributed by atoms with Gasteiger partial charge >= 0.3 is 6.09 Å². The van der Waals surface area contributed by atoms with Crippen LogP contribution in [0.25, 0.3) is 0 Å². The lowest BCUT2D eigenvalue weighted by atomic mass is 10.6. The molecule has 7 heteroatoms. The molecule has 0 bridgehead atoms. The smallest absolute Gasteiger partial charge is 0.415 e. The summed E-state index contributed by atoms with van der Waals surface area (Å²) in [7, 11) is 0. The Kier molecular flexibility index (Phi) is 3.36. The van der Waals surface area contributed by atoms with E-state index in [2.05, 4.69) is 25.9 Å². The van der Waals surface area contributed by atoms with Crippen molar-refractivity contribution in [3.05, 3.63) is 16.9 Å². The molecule has 1 heterocycles. The van der Waals surface area contributed by atoms with Gasteiger partial charge in [-0.1, -0.05) is 0 Å². The van der Waals surface area contributed by atoms with Gasteiger partial charge in [0, 0.05) is 12.4 Å². The van der Waals surface area contributed by atoms with Gasteiger partial charge in [0.2, 0.25) is 5.95 Å². The monoisotopic (exact) mass is 256 g/mol. The van der Waals surface area contributed by atoms with Crippen LogP contribution in [-0.2, 0) is 0 Å². The zero-order valence-electron chi connectivity index (χ0n) is 6.88. The molecular weight excluding hydrogens is 252 g/mol. The van der Waals surface area contributed by atoms with Gasteiger partial charge in [-0.3, -0.25) is 0 Å². The van der Waals surface area contributed by atoms with E-state index in [1.165, 1.54) is 12.4 Å². The van der Waals surface area contributed by atoms with Crippen LogP contribution in [0.2, 0.25) is 0 Å². The fourth-order valence-electron chi connectivity index (χ4n) is 0.739. The number of anilines is 1. The van der Waals surface area contributed by atoms with Crippen molar-refractivity contribution in [2.45, 2.75) is 0 Å². The molecule has 0 aromatic carbocycles. The van der Waals surface area contributed by atoms with Crippen LogP contribution >= 0.6 is 15.9 Å². The van der Waals surface area contributed by atoms with Crippen LogP contribution in [-0.4, -0.2) is 27.7 Å². The summed E-state index contributed by atoms with van der Waals surface area (Å²) in [6.07, 6.45) is 1.57. The summed E-state index contributed by atoms with van der Waals surface area (Å²) < 4.78 is 0.642. The quantitative estimate of drug-likeness (QED) is 0.805. The maximum Gasteiger partial charge on any atom is 0.415 e. The fourth-order valence-corrected chi connectivity index (χ4v) is 0.944. The molecule has 0 aliphatic carbocycles. The average molecular weight is 257 g/mol. The van der Waals surface area contributed by atoms with E-state index < -0.39 is 6.09 Å². The molecule has 1 amide bonds. The summed E-state index contributed by atoms with van der Waals surface area (Å²) in [6.45, 7) is -0.295. The number of hydrogen-bond acceptors (Lipinski definition) is 4. The highest BCUT2D eigenvalue weighted by atomic mass is 79.9. The number of carboxylic acid groups (broad SMARTS) is 1. The van der Waals surface area contributed by atoms with Gasteiger partial charge in [-0.15, -0.1) is 0 Å². The number of halogens is 1. The standard InChI is InChI=1S/C7H5BrN4O2/c8-5-3-10-6(11-4-5)12(2-1-9)7(13)14/h3-4H,2H2,(H,13,14). The SMILES string of the molecule is N#CCN(C(=O)O)c1ncc(Br)cn1. The van der Waals surface area contributed by atoms with Crippen LogP contribution in [0.5, 0.6) is 0 Å². The van der Waals surface area contributed by atoms with Gasteiger partial charge < -0.3 is 5.11 Å². The maximum absolute atomic E-state index is 10.7. The third-order valence-electron chi connectivity index (χ3n) is 1.31. The van der Waals surface area contributed by atoms with Crippen molar-refractivity contribution >= 4 is 28.0 Å². The molecular formula is C7H5BrN4O2. The molecule has 0 atom stereocenters. The van der Waals surface area contributed by atoms with E-state index >= 15 is 0 Å². The summed E-state index contributed by atoms with van der Waals surface area (Å²) in [5, 5.41) is 17.1. The van der Waals surface area contributed by atoms with Crippen molar-refractivity contribution in [1.82, 2.24) is 9.97 Å². The lowest BCUT2D eigenvalue weighted by Crippen LogP contribution is -2.31. The second-order valence-electron chi connectivity index (χ2n) is 2.23. The molecule has 1 rings (SSSR count). The van der Waals surface area contributed by atoms with Crippen LogP contribution in [0.4, 0.5) is 10.7 Å². The van der Waals surface area contributed by atoms with Gasteiger partial charge in [0.15, 0.2) is 0 Å². The molecule has 1 aromatic rings. The Morgan fingerprint density at radius 1 is 1.64 bits per heavy atom. The summed E-state index contributed by atoms with van der Waals surface area (Å²) >= 11 is 3.11. The highest BCUT2D eigenvalue weighted by Gasteiger charge is 2.15. The van der Waals surface area contributed by atoms with E-state index in [0.29, 0.717) is 4.47 Å². The maximum atomic E-state index is 10.7. The second kappa shape index (κ2) is 4.53. The number of rotatable bonds is 2. The third-order valence-corrected chi connectivity index (χ3v) is 1.72. The molecule has 0 aliphatic rings. The van der Waals surface area contributed by atoms with Crippen molar-refractivity contribution in [3.63, 3.8) is 0 Å². The van der Waals surface area contributed by atoms with Crippen molar-refractivity contribution in [1.29, 1.82) is 5.26 Å². The van der Waals surface area contributed by atoms with Crippen LogP contribution < -0.4 is 4.90 Å². The highest BCUT2D eigenvalue weighted by Crippen LogP contribution is 2.10. The lowest BCUT2D eigenvalue weighted by Gasteiger charge is -2.12. The number of nitrogens with zero attached hydrogens (tertiary/aromatic N) is 4. The van der Waals surface area contributed by atoms with Crippen molar-refractivity contribution in [3.8, 4) is 6.07 Å². The molecule has 0 saturated heterocycles. The minimum absolute atomic E-state index is 0.0118. The molecule has 72 valence electrons. The molecule has 14 heavy (non-hydrogen) atoms. The van der Waals surface area contributed by atoms with Gasteiger partial charge in [-0.25, -0.2) is 19.7 Å². The Labute approximate surface area is 87.9 Å². The molecule has 0 aliphatic heterocycles. The largest absolute Gasteiger partial charge is 0.465 e. The predicted molar refractivity (Wildman–Crippen MR) is 50.7 cm³/mol. The minimum Gasteiger partial charge on any atom is -0.465 e. The zero-order chi connectivity index (χ0) is 10.6.